The van der Waals surface area contributed by atoms with Gasteiger partial charge >= 0.3 is 39.5 Å². The number of carbonyl (C=O) groups is 4. The summed E-state index contributed by atoms with van der Waals surface area (Å²) in [5.41, 5.74) is 0. The Morgan fingerprint density at radius 2 is 0.527 bits per heavy atom. The van der Waals surface area contributed by atoms with Crippen LogP contribution in [0.5, 0.6) is 0 Å². The number of phosphoric acid groups is 2. The molecule has 0 bridgehead atoms. The predicted molar refractivity (Wildman–Crippen MR) is 368 cm³/mol. The number of ether oxygens (including phenoxy) is 4. The van der Waals surface area contributed by atoms with Crippen LogP contribution < -0.4 is 0 Å². The maximum atomic E-state index is 13.0. The molecular weight excluding hydrogens is 1200 g/mol. The Balaban J connectivity index is 5.26. The summed E-state index contributed by atoms with van der Waals surface area (Å²) >= 11 is 0. The van der Waals surface area contributed by atoms with Crippen LogP contribution in [-0.2, 0) is 65.4 Å². The number of carbonyl (C=O) groups excluding carboxylic acids is 4. The highest BCUT2D eigenvalue weighted by atomic mass is 31.2. The topological polar surface area (TPSA) is 237 Å². The molecule has 0 aliphatic carbocycles. The molecule has 0 heterocycles. The molecule has 0 aromatic heterocycles. The first-order chi connectivity index (χ1) is 43.9. The summed E-state index contributed by atoms with van der Waals surface area (Å²) in [5, 5.41) is 10.6. The standard InChI is InChI=1S/C72H140O17P2/c1-7-11-13-15-17-19-21-22-23-24-25-27-29-38-44-50-56-71(76)88-67(61-83-70(75)55-49-43-37-32-30-34-40-46-52-64(5)9-3)62-86-90(78,79)84-58-66(73)59-85-91(80,81)87-63-68(60-82-69(74)54-48-42-36-28-26-20-18-16-14-12-8-2)89-72(77)57-51-45-39-33-31-35-41-47-53-65(6)10-4/h64-68,73H,7-63H2,1-6H3,(H,78,79)(H,80,81)/t64?,65?,66-,67-,68-/m1/s1. The Kier molecular flexibility index (Phi) is 62.7. The summed E-state index contributed by atoms with van der Waals surface area (Å²) in [6.07, 6.45) is 49.7. The zero-order chi connectivity index (χ0) is 67.2. The number of hydrogen-bond acceptors (Lipinski definition) is 15. The Morgan fingerprint density at radius 3 is 0.780 bits per heavy atom. The Morgan fingerprint density at radius 1 is 0.308 bits per heavy atom. The average Bonchev–Trinajstić information content (AvgIpc) is 3.30. The van der Waals surface area contributed by atoms with Gasteiger partial charge in [0.2, 0.25) is 0 Å². The highest BCUT2D eigenvalue weighted by molar-refractivity contribution is 7.47. The van der Waals surface area contributed by atoms with Crippen LogP contribution in [0.4, 0.5) is 0 Å². The number of rotatable bonds is 71. The van der Waals surface area contributed by atoms with E-state index >= 15 is 0 Å². The number of aliphatic hydroxyl groups excluding tert-OH is 1. The smallest absolute Gasteiger partial charge is 0.462 e. The van der Waals surface area contributed by atoms with Crippen molar-refractivity contribution in [2.75, 3.05) is 39.6 Å². The van der Waals surface area contributed by atoms with Crippen molar-refractivity contribution in [3.63, 3.8) is 0 Å². The molecule has 0 aliphatic rings. The van der Waals surface area contributed by atoms with Crippen LogP contribution in [0.2, 0.25) is 0 Å². The van der Waals surface area contributed by atoms with Crippen LogP contribution >= 0.6 is 15.6 Å². The molecule has 4 unspecified atom stereocenters. The van der Waals surface area contributed by atoms with Gasteiger partial charge in [-0.1, -0.05) is 318 Å². The normalized spacial score (nSPS) is 14.7. The molecule has 0 spiro atoms. The first-order valence-electron chi connectivity index (χ1n) is 37.6. The molecule has 0 aromatic carbocycles. The molecule has 17 nitrogen and oxygen atoms in total. The molecule has 91 heavy (non-hydrogen) atoms. The van der Waals surface area contributed by atoms with E-state index in [1.165, 1.54) is 186 Å². The van der Waals surface area contributed by atoms with E-state index in [1.807, 2.05) is 0 Å². The molecule has 0 aromatic rings. The number of hydrogen-bond donors (Lipinski definition) is 3. The van der Waals surface area contributed by atoms with Gasteiger partial charge in [0.05, 0.1) is 26.4 Å². The fourth-order valence-corrected chi connectivity index (χ4v) is 12.5. The first kappa shape index (κ1) is 89.1. The monoisotopic (exact) mass is 1340 g/mol. The molecular formula is C72H140O17P2. The van der Waals surface area contributed by atoms with E-state index in [4.69, 9.17) is 37.0 Å². The molecule has 0 fully saturated rings. The van der Waals surface area contributed by atoms with Crippen LogP contribution in [0.25, 0.3) is 0 Å². The fraction of sp³-hybridized carbons (Fsp3) is 0.944. The van der Waals surface area contributed by atoms with Crippen LogP contribution in [-0.4, -0.2) is 96.7 Å². The van der Waals surface area contributed by atoms with Crippen LogP contribution in [0.3, 0.4) is 0 Å². The van der Waals surface area contributed by atoms with Crippen molar-refractivity contribution in [3.8, 4) is 0 Å². The van der Waals surface area contributed by atoms with E-state index < -0.39 is 97.5 Å². The van der Waals surface area contributed by atoms with Crippen molar-refractivity contribution in [3.05, 3.63) is 0 Å². The van der Waals surface area contributed by atoms with Gasteiger partial charge in [-0.3, -0.25) is 37.3 Å². The molecule has 0 radical (unpaired) electrons. The third-order valence-electron chi connectivity index (χ3n) is 17.4. The summed E-state index contributed by atoms with van der Waals surface area (Å²) in [6.45, 7) is 9.57. The van der Waals surface area contributed by atoms with Gasteiger partial charge in [-0.15, -0.1) is 0 Å². The lowest BCUT2D eigenvalue weighted by Crippen LogP contribution is -2.30. The van der Waals surface area contributed by atoms with Gasteiger partial charge in [-0.25, -0.2) is 9.13 Å². The number of phosphoric ester groups is 2. The number of aliphatic hydroxyl groups is 1. The summed E-state index contributed by atoms with van der Waals surface area (Å²) < 4.78 is 68.4. The average molecular weight is 1340 g/mol. The van der Waals surface area contributed by atoms with Gasteiger partial charge in [0.1, 0.15) is 19.3 Å². The van der Waals surface area contributed by atoms with Crippen molar-refractivity contribution in [2.24, 2.45) is 11.8 Å². The summed E-state index contributed by atoms with van der Waals surface area (Å²) in [7, 11) is -9.90. The van der Waals surface area contributed by atoms with E-state index in [2.05, 4.69) is 41.5 Å². The molecule has 0 amide bonds. The Labute approximate surface area is 556 Å². The van der Waals surface area contributed by atoms with Crippen molar-refractivity contribution < 1.29 is 80.2 Å². The van der Waals surface area contributed by atoms with Crippen molar-refractivity contribution in [2.45, 2.75) is 387 Å². The Bertz CT molecular complexity index is 1770. The SMILES string of the molecule is CCCCCCCCCCCCCCCCCCC(=O)O[C@H](COC(=O)CCCCCCCCCCC(C)CC)COP(=O)(O)OC[C@@H](O)COP(=O)(O)OC[C@@H](COC(=O)CCCCCCCCCCCCC)OC(=O)CCCCCCCCCCC(C)CC. The van der Waals surface area contributed by atoms with E-state index in [-0.39, 0.29) is 25.7 Å². The van der Waals surface area contributed by atoms with Gasteiger partial charge in [-0.2, -0.15) is 0 Å². The van der Waals surface area contributed by atoms with Crippen molar-refractivity contribution in [1.82, 2.24) is 0 Å². The second-order valence-electron chi connectivity index (χ2n) is 26.5. The highest BCUT2D eigenvalue weighted by Gasteiger charge is 2.30. The molecule has 7 atom stereocenters. The number of esters is 4. The number of unbranched alkanes of at least 4 members (excludes halogenated alkanes) is 39. The maximum Gasteiger partial charge on any atom is 0.472 e. The largest absolute Gasteiger partial charge is 0.472 e. The van der Waals surface area contributed by atoms with Gasteiger partial charge in [0.15, 0.2) is 12.2 Å². The van der Waals surface area contributed by atoms with E-state index in [9.17, 15) is 43.2 Å². The molecule has 19 heteroatoms. The molecule has 0 aliphatic heterocycles. The van der Waals surface area contributed by atoms with Gasteiger partial charge in [-0.05, 0) is 37.5 Å². The molecule has 540 valence electrons. The maximum absolute atomic E-state index is 13.0. The van der Waals surface area contributed by atoms with E-state index in [0.717, 1.165) is 102 Å². The van der Waals surface area contributed by atoms with Crippen LogP contribution in [0.15, 0.2) is 0 Å². The molecule has 0 rings (SSSR count). The third-order valence-corrected chi connectivity index (χ3v) is 19.3. The fourth-order valence-electron chi connectivity index (χ4n) is 10.9. The summed E-state index contributed by atoms with van der Waals surface area (Å²) in [6, 6.07) is 0. The zero-order valence-electron chi connectivity index (χ0n) is 59.1. The third kappa shape index (κ3) is 63.9. The van der Waals surface area contributed by atoms with Gasteiger partial charge in [0.25, 0.3) is 0 Å². The predicted octanol–water partition coefficient (Wildman–Crippen LogP) is 20.8. The quantitative estimate of drug-likeness (QED) is 0.0222. The molecule has 0 saturated carbocycles. The van der Waals surface area contributed by atoms with Gasteiger partial charge < -0.3 is 33.8 Å². The molecule has 3 N–H and O–H groups in total. The minimum Gasteiger partial charge on any atom is -0.462 e. The van der Waals surface area contributed by atoms with Crippen molar-refractivity contribution >= 4 is 39.5 Å². The minimum atomic E-state index is -4.95. The van der Waals surface area contributed by atoms with E-state index in [0.29, 0.717) is 25.7 Å². The van der Waals surface area contributed by atoms with E-state index in [1.54, 1.807) is 0 Å². The summed E-state index contributed by atoms with van der Waals surface area (Å²) in [4.78, 5) is 72.6. The molecule has 0 saturated heterocycles. The highest BCUT2D eigenvalue weighted by Crippen LogP contribution is 2.45. The Hall–Kier alpha value is -1.94. The van der Waals surface area contributed by atoms with Crippen LogP contribution in [0.1, 0.15) is 369 Å². The van der Waals surface area contributed by atoms with Crippen LogP contribution in [0, 0.1) is 11.8 Å². The first-order valence-corrected chi connectivity index (χ1v) is 40.6. The lowest BCUT2D eigenvalue weighted by Gasteiger charge is -2.21. The lowest BCUT2D eigenvalue weighted by molar-refractivity contribution is -0.161. The summed E-state index contributed by atoms with van der Waals surface area (Å²) in [5.74, 6) is -0.574. The zero-order valence-corrected chi connectivity index (χ0v) is 60.9. The second-order valence-corrected chi connectivity index (χ2v) is 29.4. The second kappa shape index (κ2) is 64.1. The lowest BCUT2D eigenvalue weighted by atomic mass is 9.99. The van der Waals surface area contributed by atoms with Gasteiger partial charge in [0, 0.05) is 25.7 Å². The minimum absolute atomic E-state index is 0.105. The van der Waals surface area contributed by atoms with Crippen molar-refractivity contribution in [1.29, 1.82) is 0 Å².